The highest BCUT2D eigenvalue weighted by atomic mass is 31.2. The largest absolute Gasteiger partial charge is 0.456 e. The van der Waals surface area contributed by atoms with E-state index in [9.17, 15) is 4.57 Å². The predicted octanol–water partition coefficient (Wildman–Crippen LogP) is 8.56. The second kappa shape index (κ2) is 9.58. The Labute approximate surface area is 227 Å². The molecule has 0 saturated heterocycles. The number of rotatable bonds is 5. The molecular formula is C36H25O2P. The summed E-state index contributed by atoms with van der Waals surface area (Å²) in [6.07, 6.45) is 0. The zero-order chi connectivity index (χ0) is 26.2. The van der Waals surface area contributed by atoms with Crippen LogP contribution in [0.2, 0.25) is 0 Å². The van der Waals surface area contributed by atoms with E-state index in [-0.39, 0.29) is 0 Å². The van der Waals surface area contributed by atoms with Gasteiger partial charge in [-0.15, -0.1) is 0 Å². The van der Waals surface area contributed by atoms with Crippen LogP contribution in [0.3, 0.4) is 0 Å². The minimum absolute atomic E-state index is 0.789. The molecule has 7 aromatic rings. The van der Waals surface area contributed by atoms with Crippen molar-refractivity contribution in [1.82, 2.24) is 0 Å². The summed E-state index contributed by atoms with van der Waals surface area (Å²) in [7, 11) is -3.09. The van der Waals surface area contributed by atoms with Gasteiger partial charge in [-0.25, -0.2) is 0 Å². The van der Waals surface area contributed by atoms with E-state index in [0.29, 0.717) is 0 Å². The van der Waals surface area contributed by atoms with Crippen LogP contribution in [0.15, 0.2) is 156 Å². The van der Waals surface area contributed by atoms with E-state index in [1.165, 1.54) is 11.1 Å². The Balaban J connectivity index is 1.39. The Kier molecular flexibility index (Phi) is 5.77. The lowest BCUT2D eigenvalue weighted by Crippen LogP contribution is -2.24. The molecule has 1 heterocycles. The van der Waals surface area contributed by atoms with Crippen LogP contribution in [-0.2, 0) is 4.57 Å². The molecule has 0 N–H and O–H groups in total. The van der Waals surface area contributed by atoms with E-state index in [4.69, 9.17) is 4.42 Å². The summed E-state index contributed by atoms with van der Waals surface area (Å²) in [5.41, 5.74) is 6.23. The third-order valence-electron chi connectivity index (χ3n) is 7.36. The molecule has 0 atom stereocenters. The van der Waals surface area contributed by atoms with Crippen LogP contribution >= 0.6 is 7.14 Å². The van der Waals surface area contributed by atoms with E-state index < -0.39 is 7.14 Å². The third kappa shape index (κ3) is 4.11. The summed E-state index contributed by atoms with van der Waals surface area (Å²) in [6, 6.07) is 50.9. The molecule has 1 aromatic heterocycles. The SMILES string of the molecule is O=P(c1ccccc1)(c1ccccc1)c1ccc2oc3ccc(-c4cccc(-c5ccccc5)c4)cc3c2c1. The maximum atomic E-state index is 14.9. The summed E-state index contributed by atoms with van der Waals surface area (Å²) >= 11 is 0. The van der Waals surface area contributed by atoms with Crippen molar-refractivity contribution in [2.24, 2.45) is 0 Å². The smallest absolute Gasteiger partial charge is 0.171 e. The van der Waals surface area contributed by atoms with Crippen molar-refractivity contribution in [2.75, 3.05) is 0 Å². The molecular weight excluding hydrogens is 495 g/mol. The van der Waals surface area contributed by atoms with Gasteiger partial charge in [-0.2, -0.15) is 0 Å². The van der Waals surface area contributed by atoms with Gasteiger partial charge in [-0.1, -0.05) is 115 Å². The van der Waals surface area contributed by atoms with E-state index in [0.717, 1.165) is 49.0 Å². The standard InChI is InChI=1S/C36H25O2P/c37-39(30-15-6-2-7-16-30,31-17-8-3-9-18-31)32-20-22-36-34(25-32)33-24-29(19-21-35(33)38-36)28-14-10-13-27(23-28)26-11-4-1-5-12-26/h1-25H. The highest BCUT2D eigenvalue weighted by molar-refractivity contribution is 7.85. The fourth-order valence-electron chi connectivity index (χ4n) is 5.37. The van der Waals surface area contributed by atoms with E-state index in [1.807, 2.05) is 84.9 Å². The molecule has 3 heteroatoms. The lowest BCUT2D eigenvalue weighted by molar-refractivity contribution is 0.592. The van der Waals surface area contributed by atoms with Crippen LogP contribution in [-0.4, -0.2) is 0 Å². The fraction of sp³-hybridized carbons (Fsp3) is 0. The first kappa shape index (κ1) is 23.5. The molecule has 0 bridgehead atoms. The van der Waals surface area contributed by atoms with Crippen LogP contribution < -0.4 is 15.9 Å². The maximum Gasteiger partial charge on any atom is 0.171 e. The topological polar surface area (TPSA) is 30.2 Å². The first-order valence-electron chi connectivity index (χ1n) is 13.0. The molecule has 0 amide bonds. The Morgan fingerprint density at radius 2 is 0.872 bits per heavy atom. The summed E-state index contributed by atoms with van der Waals surface area (Å²) < 4.78 is 21.2. The Morgan fingerprint density at radius 3 is 1.51 bits per heavy atom. The van der Waals surface area contributed by atoms with Crippen molar-refractivity contribution in [3.8, 4) is 22.3 Å². The molecule has 0 fully saturated rings. The number of furan rings is 1. The quantitative estimate of drug-likeness (QED) is 0.213. The summed E-state index contributed by atoms with van der Waals surface area (Å²) in [5, 5.41) is 4.42. The summed E-state index contributed by atoms with van der Waals surface area (Å²) in [6.45, 7) is 0. The van der Waals surface area contributed by atoms with E-state index >= 15 is 0 Å². The average Bonchev–Trinajstić information content (AvgIpc) is 3.39. The molecule has 0 aliphatic rings. The van der Waals surface area contributed by atoms with Gasteiger partial charge in [0.2, 0.25) is 0 Å². The van der Waals surface area contributed by atoms with Crippen molar-refractivity contribution < 1.29 is 8.98 Å². The van der Waals surface area contributed by atoms with Crippen LogP contribution in [0, 0.1) is 0 Å². The molecule has 0 saturated carbocycles. The van der Waals surface area contributed by atoms with Crippen molar-refractivity contribution in [3.05, 3.63) is 152 Å². The van der Waals surface area contributed by atoms with Gasteiger partial charge in [-0.3, -0.25) is 0 Å². The Morgan fingerprint density at radius 1 is 0.385 bits per heavy atom. The normalized spacial score (nSPS) is 11.7. The monoisotopic (exact) mass is 520 g/mol. The van der Waals surface area contributed by atoms with Gasteiger partial charge in [0.1, 0.15) is 11.2 Å². The molecule has 7 rings (SSSR count). The highest BCUT2D eigenvalue weighted by Gasteiger charge is 2.30. The van der Waals surface area contributed by atoms with Crippen molar-refractivity contribution in [2.45, 2.75) is 0 Å². The van der Waals surface area contributed by atoms with Gasteiger partial charge in [-0.05, 0) is 58.7 Å². The van der Waals surface area contributed by atoms with Gasteiger partial charge in [0, 0.05) is 26.7 Å². The van der Waals surface area contributed by atoms with Gasteiger partial charge < -0.3 is 8.98 Å². The van der Waals surface area contributed by atoms with Gasteiger partial charge in [0.05, 0.1) is 0 Å². The molecule has 0 aliphatic carbocycles. The van der Waals surface area contributed by atoms with Crippen molar-refractivity contribution >= 4 is 45.0 Å². The third-order valence-corrected chi connectivity index (χ3v) is 10.4. The molecule has 0 radical (unpaired) electrons. The lowest BCUT2D eigenvalue weighted by atomic mass is 9.98. The predicted molar refractivity (Wildman–Crippen MR) is 164 cm³/mol. The molecule has 0 unspecified atom stereocenters. The molecule has 186 valence electrons. The highest BCUT2D eigenvalue weighted by Crippen LogP contribution is 2.44. The number of hydrogen-bond donors (Lipinski definition) is 0. The Bertz CT molecular complexity index is 1930. The van der Waals surface area contributed by atoms with Gasteiger partial charge >= 0.3 is 0 Å². The van der Waals surface area contributed by atoms with Crippen molar-refractivity contribution in [1.29, 1.82) is 0 Å². The van der Waals surface area contributed by atoms with Crippen LogP contribution in [0.4, 0.5) is 0 Å². The van der Waals surface area contributed by atoms with E-state index in [2.05, 4.69) is 66.7 Å². The zero-order valence-corrected chi connectivity index (χ0v) is 22.1. The number of benzene rings is 6. The summed E-state index contributed by atoms with van der Waals surface area (Å²) in [5.74, 6) is 0. The second-order valence-corrected chi connectivity index (χ2v) is 12.5. The number of fused-ring (bicyclic) bond motifs is 3. The van der Waals surface area contributed by atoms with Gasteiger partial charge in [0.15, 0.2) is 7.14 Å². The molecule has 0 aliphatic heterocycles. The molecule has 39 heavy (non-hydrogen) atoms. The maximum absolute atomic E-state index is 14.9. The number of hydrogen-bond acceptors (Lipinski definition) is 2. The summed E-state index contributed by atoms with van der Waals surface area (Å²) in [4.78, 5) is 0. The van der Waals surface area contributed by atoms with Crippen molar-refractivity contribution in [3.63, 3.8) is 0 Å². The first-order valence-corrected chi connectivity index (χ1v) is 14.7. The molecule has 2 nitrogen and oxygen atoms in total. The van der Waals surface area contributed by atoms with Gasteiger partial charge in [0.25, 0.3) is 0 Å². The lowest BCUT2D eigenvalue weighted by Gasteiger charge is -2.20. The van der Waals surface area contributed by atoms with Crippen LogP contribution in [0.5, 0.6) is 0 Å². The molecule has 6 aromatic carbocycles. The minimum atomic E-state index is -3.09. The first-order chi connectivity index (χ1) is 19.2. The average molecular weight is 521 g/mol. The van der Waals surface area contributed by atoms with Crippen LogP contribution in [0.25, 0.3) is 44.2 Å². The fourth-order valence-corrected chi connectivity index (χ4v) is 8.05. The molecule has 0 spiro atoms. The van der Waals surface area contributed by atoms with Crippen LogP contribution in [0.1, 0.15) is 0 Å². The second-order valence-electron chi connectivity index (χ2n) is 9.72. The minimum Gasteiger partial charge on any atom is -0.456 e. The van der Waals surface area contributed by atoms with E-state index in [1.54, 1.807) is 0 Å². The Hall–Kier alpha value is -4.65. The zero-order valence-electron chi connectivity index (χ0n) is 21.2.